The van der Waals surface area contributed by atoms with E-state index in [9.17, 15) is 9.59 Å². The van der Waals surface area contributed by atoms with Gasteiger partial charge in [-0.05, 0) is 62.0 Å². The maximum absolute atomic E-state index is 12.1. The van der Waals surface area contributed by atoms with Gasteiger partial charge in [-0.2, -0.15) is 0 Å². The predicted molar refractivity (Wildman–Crippen MR) is 88.8 cm³/mol. The van der Waals surface area contributed by atoms with E-state index in [1.807, 2.05) is 0 Å². The number of benzene rings is 1. The highest BCUT2D eigenvalue weighted by molar-refractivity contribution is 5.92. The summed E-state index contributed by atoms with van der Waals surface area (Å²) >= 11 is 0. The Labute approximate surface area is 131 Å². The van der Waals surface area contributed by atoms with E-state index in [4.69, 9.17) is 0 Å². The summed E-state index contributed by atoms with van der Waals surface area (Å²) in [5, 5.41) is 9.02. The first-order valence-electron chi connectivity index (χ1n) is 7.93. The van der Waals surface area contributed by atoms with Crippen LogP contribution < -0.4 is 16.0 Å². The first-order valence-corrected chi connectivity index (χ1v) is 7.93. The lowest BCUT2D eigenvalue weighted by Gasteiger charge is -2.28. The van der Waals surface area contributed by atoms with Crippen LogP contribution in [0.2, 0.25) is 0 Å². The minimum absolute atomic E-state index is 0.0466. The molecule has 1 aliphatic rings. The molecule has 22 heavy (non-hydrogen) atoms. The van der Waals surface area contributed by atoms with Crippen LogP contribution in [-0.2, 0) is 9.59 Å². The molecule has 1 aromatic carbocycles. The normalized spacial score (nSPS) is 19.3. The number of nitrogens with one attached hydrogen (secondary N) is 3. The van der Waals surface area contributed by atoms with Crippen LogP contribution in [0.15, 0.2) is 24.3 Å². The topological polar surface area (TPSA) is 70.2 Å². The summed E-state index contributed by atoms with van der Waals surface area (Å²) in [6, 6.07) is 7.17. The van der Waals surface area contributed by atoms with E-state index in [2.05, 4.69) is 22.9 Å². The van der Waals surface area contributed by atoms with Crippen molar-refractivity contribution in [3.63, 3.8) is 0 Å². The van der Waals surface area contributed by atoms with E-state index in [0.29, 0.717) is 18.3 Å². The Morgan fingerprint density at radius 1 is 1.23 bits per heavy atom. The number of carbonyl (C=O) groups excluding carboxylic acids is 2. The third kappa shape index (κ3) is 5.15. The van der Waals surface area contributed by atoms with E-state index in [-0.39, 0.29) is 11.8 Å². The summed E-state index contributed by atoms with van der Waals surface area (Å²) in [6.45, 7) is 5.73. The molecule has 5 heteroatoms. The fourth-order valence-electron chi connectivity index (χ4n) is 2.88. The standard InChI is InChI=1S/C17H25N3O2/c1-12(14-4-3-9-18-11-14)10-17(22)20-16-7-5-15(6-8-16)19-13(2)21/h5-8,12,14,18H,3-4,9-11H2,1-2H3,(H,19,21)(H,20,22). The van der Waals surface area contributed by atoms with Crippen LogP contribution >= 0.6 is 0 Å². The van der Waals surface area contributed by atoms with Crippen LogP contribution in [0.3, 0.4) is 0 Å². The average Bonchev–Trinajstić information content (AvgIpc) is 2.49. The van der Waals surface area contributed by atoms with E-state index >= 15 is 0 Å². The zero-order valence-electron chi connectivity index (χ0n) is 13.3. The first kappa shape index (κ1) is 16.5. The molecule has 0 aliphatic carbocycles. The van der Waals surface area contributed by atoms with Crippen molar-refractivity contribution in [1.82, 2.24) is 5.32 Å². The van der Waals surface area contributed by atoms with Gasteiger partial charge in [-0.3, -0.25) is 9.59 Å². The minimum Gasteiger partial charge on any atom is -0.326 e. The van der Waals surface area contributed by atoms with Gasteiger partial charge in [-0.25, -0.2) is 0 Å². The molecule has 5 nitrogen and oxygen atoms in total. The van der Waals surface area contributed by atoms with Crippen molar-refractivity contribution < 1.29 is 9.59 Å². The van der Waals surface area contributed by atoms with Crippen LogP contribution in [0.4, 0.5) is 11.4 Å². The maximum Gasteiger partial charge on any atom is 0.224 e. The molecule has 1 saturated heterocycles. The predicted octanol–water partition coefficient (Wildman–Crippen LogP) is 2.61. The Morgan fingerprint density at radius 3 is 2.41 bits per heavy atom. The molecule has 3 N–H and O–H groups in total. The molecule has 0 spiro atoms. The molecule has 2 atom stereocenters. The van der Waals surface area contributed by atoms with Gasteiger partial charge in [0.1, 0.15) is 0 Å². The quantitative estimate of drug-likeness (QED) is 0.783. The molecule has 1 heterocycles. The van der Waals surface area contributed by atoms with Crippen molar-refractivity contribution in [3.05, 3.63) is 24.3 Å². The molecule has 0 aromatic heterocycles. The highest BCUT2D eigenvalue weighted by Gasteiger charge is 2.21. The van der Waals surface area contributed by atoms with Crippen molar-refractivity contribution in [1.29, 1.82) is 0 Å². The molecular weight excluding hydrogens is 278 g/mol. The summed E-state index contributed by atoms with van der Waals surface area (Å²) < 4.78 is 0. The fraction of sp³-hybridized carbons (Fsp3) is 0.529. The molecule has 2 rings (SSSR count). The van der Waals surface area contributed by atoms with Crippen molar-refractivity contribution in [2.45, 2.75) is 33.1 Å². The van der Waals surface area contributed by atoms with Gasteiger partial charge in [0.05, 0.1) is 0 Å². The first-order chi connectivity index (χ1) is 10.5. The number of amides is 2. The number of anilines is 2. The van der Waals surface area contributed by atoms with Crippen molar-refractivity contribution in [2.75, 3.05) is 23.7 Å². The highest BCUT2D eigenvalue weighted by Crippen LogP contribution is 2.23. The Hall–Kier alpha value is -1.88. The Kier molecular flexibility index (Phi) is 5.95. The van der Waals surface area contributed by atoms with Gasteiger partial charge in [0, 0.05) is 24.7 Å². The van der Waals surface area contributed by atoms with Gasteiger partial charge in [0.2, 0.25) is 11.8 Å². The van der Waals surface area contributed by atoms with Gasteiger partial charge >= 0.3 is 0 Å². The van der Waals surface area contributed by atoms with Crippen molar-refractivity contribution >= 4 is 23.2 Å². The van der Waals surface area contributed by atoms with Gasteiger partial charge in [0.25, 0.3) is 0 Å². The third-order valence-corrected chi connectivity index (χ3v) is 4.14. The molecular formula is C17H25N3O2. The molecule has 1 aliphatic heterocycles. The number of carbonyl (C=O) groups is 2. The van der Waals surface area contributed by atoms with Crippen LogP contribution in [0, 0.1) is 11.8 Å². The molecule has 2 unspecified atom stereocenters. The summed E-state index contributed by atoms with van der Waals surface area (Å²) in [7, 11) is 0. The molecule has 0 radical (unpaired) electrons. The second-order valence-electron chi connectivity index (χ2n) is 6.09. The van der Waals surface area contributed by atoms with E-state index in [1.165, 1.54) is 19.8 Å². The van der Waals surface area contributed by atoms with Gasteiger partial charge in [-0.1, -0.05) is 6.92 Å². The molecule has 120 valence electrons. The lowest BCUT2D eigenvalue weighted by Crippen LogP contribution is -2.34. The Balaban J connectivity index is 1.82. The summed E-state index contributed by atoms with van der Waals surface area (Å²) in [6.07, 6.45) is 2.94. The van der Waals surface area contributed by atoms with Crippen LogP contribution in [-0.4, -0.2) is 24.9 Å². The smallest absolute Gasteiger partial charge is 0.224 e. The van der Waals surface area contributed by atoms with Crippen LogP contribution in [0.5, 0.6) is 0 Å². The van der Waals surface area contributed by atoms with Crippen LogP contribution in [0.25, 0.3) is 0 Å². The number of hydrogen-bond acceptors (Lipinski definition) is 3. The molecule has 1 aromatic rings. The zero-order valence-corrected chi connectivity index (χ0v) is 13.3. The van der Waals surface area contributed by atoms with Crippen molar-refractivity contribution in [3.8, 4) is 0 Å². The minimum atomic E-state index is -0.105. The zero-order chi connectivity index (χ0) is 15.9. The Bertz CT molecular complexity index is 507. The van der Waals surface area contributed by atoms with Gasteiger partial charge < -0.3 is 16.0 Å². The molecule has 0 bridgehead atoms. The SMILES string of the molecule is CC(=O)Nc1ccc(NC(=O)CC(C)C2CCCNC2)cc1. The summed E-state index contributed by atoms with van der Waals surface area (Å²) in [5.74, 6) is 0.908. The Morgan fingerprint density at radius 2 is 1.86 bits per heavy atom. The third-order valence-electron chi connectivity index (χ3n) is 4.14. The fourth-order valence-corrected chi connectivity index (χ4v) is 2.88. The van der Waals surface area contributed by atoms with Gasteiger partial charge in [-0.15, -0.1) is 0 Å². The molecule has 2 amide bonds. The van der Waals surface area contributed by atoms with Crippen LogP contribution in [0.1, 0.15) is 33.1 Å². The largest absolute Gasteiger partial charge is 0.326 e. The van der Waals surface area contributed by atoms with Crippen molar-refractivity contribution in [2.24, 2.45) is 11.8 Å². The summed E-state index contributed by atoms with van der Waals surface area (Å²) in [4.78, 5) is 23.1. The number of hydrogen-bond donors (Lipinski definition) is 3. The number of piperidine rings is 1. The highest BCUT2D eigenvalue weighted by atomic mass is 16.2. The molecule has 1 fully saturated rings. The van der Waals surface area contributed by atoms with Gasteiger partial charge in [0.15, 0.2) is 0 Å². The van der Waals surface area contributed by atoms with E-state index < -0.39 is 0 Å². The van der Waals surface area contributed by atoms with E-state index in [1.54, 1.807) is 24.3 Å². The second kappa shape index (κ2) is 7.94. The maximum atomic E-state index is 12.1. The van der Waals surface area contributed by atoms with E-state index in [0.717, 1.165) is 24.5 Å². The monoisotopic (exact) mass is 303 g/mol. The second-order valence-corrected chi connectivity index (χ2v) is 6.09. The lowest BCUT2D eigenvalue weighted by molar-refractivity contribution is -0.117. The lowest BCUT2D eigenvalue weighted by atomic mass is 9.85. The number of rotatable bonds is 5. The summed E-state index contributed by atoms with van der Waals surface area (Å²) in [5.41, 5.74) is 1.49. The average molecular weight is 303 g/mol. The molecule has 0 saturated carbocycles.